The highest BCUT2D eigenvalue weighted by Gasteiger charge is 2.44. The van der Waals surface area contributed by atoms with Gasteiger partial charge in [0.25, 0.3) is 0 Å². The lowest BCUT2D eigenvalue weighted by Gasteiger charge is -2.35. The van der Waals surface area contributed by atoms with Crippen LogP contribution in [0.4, 0.5) is 5.69 Å². The highest BCUT2D eigenvalue weighted by Crippen LogP contribution is 2.40. The Morgan fingerprint density at radius 3 is 2.21 bits per heavy atom. The van der Waals surface area contributed by atoms with Gasteiger partial charge in [0, 0.05) is 67.4 Å². The molecule has 19 heteroatoms. The van der Waals surface area contributed by atoms with Crippen LogP contribution in [0.15, 0.2) is 83.3 Å². The maximum atomic E-state index is 14.0. The van der Waals surface area contributed by atoms with Crippen molar-refractivity contribution in [2.75, 3.05) is 44.9 Å². The maximum absolute atomic E-state index is 14.0. The third-order valence-electron chi connectivity index (χ3n) is 13.6. The number of benzene rings is 3. The van der Waals surface area contributed by atoms with Gasteiger partial charge in [0.15, 0.2) is 5.82 Å². The quantitative estimate of drug-likeness (QED) is 0.0477. The summed E-state index contributed by atoms with van der Waals surface area (Å²) < 4.78 is 19.4. The van der Waals surface area contributed by atoms with Crippen LogP contribution in [0.2, 0.25) is 0 Å². The number of β-amino-alcohol motifs (C(OH)–C–C–N with tert-alkyl or cyclic N) is 1. The van der Waals surface area contributed by atoms with Gasteiger partial charge in [0.2, 0.25) is 23.6 Å². The molecule has 0 aliphatic carbocycles. The monoisotopic (exact) mass is 1070 g/mol. The summed E-state index contributed by atoms with van der Waals surface area (Å²) in [5.41, 5.74) is 9.94. The van der Waals surface area contributed by atoms with E-state index in [1.165, 1.54) is 15.3 Å². The van der Waals surface area contributed by atoms with Crippen molar-refractivity contribution in [1.82, 2.24) is 35.3 Å². The summed E-state index contributed by atoms with van der Waals surface area (Å²) in [6.07, 6.45) is 1.43. The Balaban J connectivity index is 0.726. The number of nitrogens with zero attached hydrogens (tertiary/aromatic N) is 6. The summed E-state index contributed by atoms with van der Waals surface area (Å²) >= 11 is 3.26. The number of likely N-dealkylation sites (tertiary alicyclic amines) is 1. The van der Waals surface area contributed by atoms with Crippen molar-refractivity contribution < 1.29 is 38.5 Å². The second-order valence-electron chi connectivity index (χ2n) is 20.4. The number of nitrogens with one attached hydrogen (secondary N) is 3. The van der Waals surface area contributed by atoms with Crippen LogP contribution in [0, 0.1) is 33.1 Å². The number of hydrogen-bond acceptors (Lipinski definition) is 14. The van der Waals surface area contributed by atoms with Crippen LogP contribution >= 0.6 is 22.7 Å². The second-order valence-corrected chi connectivity index (χ2v) is 22.4. The lowest BCUT2D eigenvalue weighted by atomic mass is 9.85. The van der Waals surface area contributed by atoms with E-state index in [1.807, 2.05) is 88.7 Å². The molecule has 4 N–H and O–H groups in total. The number of aryl methyl sites for hydroxylation is 4. The highest BCUT2D eigenvalue weighted by molar-refractivity contribution is 7.15. The number of ether oxygens (including phenoxy) is 3. The van der Waals surface area contributed by atoms with E-state index in [9.17, 15) is 24.3 Å². The first-order chi connectivity index (χ1) is 36.5. The number of amides is 4. The van der Waals surface area contributed by atoms with Crippen LogP contribution in [-0.2, 0) is 41.6 Å². The van der Waals surface area contributed by atoms with E-state index in [4.69, 9.17) is 19.2 Å². The Hall–Kier alpha value is -6.64. The van der Waals surface area contributed by atoms with Crippen molar-refractivity contribution in [2.24, 2.45) is 10.4 Å². The molecule has 3 aromatic heterocycles. The Morgan fingerprint density at radius 1 is 0.842 bits per heavy atom. The van der Waals surface area contributed by atoms with Crippen molar-refractivity contribution >= 4 is 57.7 Å². The summed E-state index contributed by atoms with van der Waals surface area (Å²) in [4.78, 5) is 67.4. The van der Waals surface area contributed by atoms with Crippen LogP contribution in [-0.4, -0.2) is 117 Å². The lowest BCUT2D eigenvalue weighted by molar-refractivity contribution is -0.144. The minimum atomic E-state index is -0.961. The smallest absolute Gasteiger partial charge is 0.246 e. The Labute approximate surface area is 452 Å². The van der Waals surface area contributed by atoms with E-state index in [1.54, 1.807) is 22.7 Å². The molecule has 2 aliphatic heterocycles. The minimum absolute atomic E-state index is 0.0154. The normalized spacial score (nSPS) is 16.6. The number of thiazole rings is 1. The standard InChI is InChI=1S/C57H69N9O8S2/c1-9-38-12-16-40(17-13-38)50-49-34(2)36(4)76-56(49)66-37(5)63-64-53(66)45(61-50)29-47(68)60-42-20-22-44(23-21-42)74-27-11-25-72-24-10-26-73-32-48(69)62-52(57(6,7)8)55(71)65-31-43(67)28-46(65)54(70)58-30-39-14-18-41(19-15-39)51-35(3)59-33-75-51/h12-23,33,43,45-46,52,67H,9-11,24-32H2,1-8H3,(H,58,70)(H,60,68)(H,62,69)/t43-,45+,46+,52-/m1/s1. The van der Waals surface area contributed by atoms with Crippen molar-refractivity contribution in [2.45, 2.75) is 118 Å². The van der Waals surface area contributed by atoms with Gasteiger partial charge in [-0.1, -0.05) is 76.2 Å². The summed E-state index contributed by atoms with van der Waals surface area (Å²) in [6, 6.07) is 21.2. The van der Waals surface area contributed by atoms with E-state index in [2.05, 4.69) is 80.7 Å². The van der Waals surface area contributed by atoms with Crippen LogP contribution in [0.3, 0.4) is 0 Å². The molecule has 4 amide bonds. The number of anilines is 1. The van der Waals surface area contributed by atoms with E-state index in [0.29, 0.717) is 49.9 Å². The molecule has 2 aliphatic rings. The van der Waals surface area contributed by atoms with Crippen molar-refractivity contribution in [3.8, 4) is 21.2 Å². The van der Waals surface area contributed by atoms with Crippen LogP contribution in [0.5, 0.6) is 5.75 Å². The zero-order chi connectivity index (χ0) is 54.1. The van der Waals surface area contributed by atoms with Gasteiger partial charge in [-0.25, -0.2) is 4.98 Å². The predicted octanol–water partition coefficient (Wildman–Crippen LogP) is 8.17. The summed E-state index contributed by atoms with van der Waals surface area (Å²) in [6.45, 7) is 17.3. The number of carbonyl (C=O) groups is 4. The van der Waals surface area contributed by atoms with Gasteiger partial charge in [0.1, 0.15) is 41.3 Å². The summed E-state index contributed by atoms with van der Waals surface area (Å²) in [5.74, 6) is 0.568. The molecule has 6 aromatic rings. The number of aliphatic imine (C=N–C) groups is 1. The molecule has 1 saturated heterocycles. The molecular weight excluding hydrogens is 1000 g/mol. The molecule has 5 heterocycles. The minimum Gasteiger partial charge on any atom is -0.494 e. The molecule has 0 bridgehead atoms. The zero-order valence-electron chi connectivity index (χ0n) is 44.6. The number of hydrogen-bond donors (Lipinski definition) is 4. The van der Waals surface area contributed by atoms with Crippen molar-refractivity contribution in [3.05, 3.63) is 128 Å². The first-order valence-electron chi connectivity index (χ1n) is 25.9. The average molecular weight is 1070 g/mol. The number of fused-ring (bicyclic) bond motifs is 3. The van der Waals surface area contributed by atoms with Gasteiger partial charge in [-0.15, -0.1) is 32.9 Å². The third-order valence-corrected chi connectivity index (χ3v) is 15.8. The molecular formula is C57H69N9O8S2. The van der Waals surface area contributed by atoms with Gasteiger partial charge < -0.3 is 40.2 Å². The fourth-order valence-electron chi connectivity index (χ4n) is 9.31. The fourth-order valence-corrected chi connectivity index (χ4v) is 11.3. The summed E-state index contributed by atoms with van der Waals surface area (Å²) in [5, 5.41) is 29.3. The molecule has 17 nitrogen and oxygen atoms in total. The molecule has 0 saturated carbocycles. The fraction of sp³-hybridized carbons (Fsp3) is 0.439. The first-order valence-corrected chi connectivity index (χ1v) is 27.6. The lowest BCUT2D eigenvalue weighted by Crippen LogP contribution is -2.58. The number of aliphatic hydroxyl groups is 1. The van der Waals surface area contributed by atoms with Gasteiger partial charge >= 0.3 is 0 Å². The molecule has 0 spiro atoms. The molecule has 3 aromatic carbocycles. The second kappa shape index (κ2) is 25.0. The van der Waals surface area contributed by atoms with Gasteiger partial charge in [-0.05, 0) is 92.5 Å². The molecule has 402 valence electrons. The van der Waals surface area contributed by atoms with Crippen LogP contribution in [0.25, 0.3) is 15.4 Å². The Bertz CT molecular complexity index is 3010. The largest absolute Gasteiger partial charge is 0.494 e. The van der Waals surface area contributed by atoms with Gasteiger partial charge in [-0.3, -0.25) is 28.7 Å². The Morgan fingerprint density at radius 2 is 1.53 bits per heavy atom. The third kappa shape index (κ3) is 13.5. The van der Waals surface area contributed by atoms with Crippen LogP contribution < -0.4 is 20.7 Å². The average Bonchev–Trinajstić information content (AvgIpc) is 4.19. The number of aliphatic hydroxyl groups excluding tert-OH is 1. The molecule has 0 radical (unpaired) electrons. The number of aromatic nitrogens is 4. The van der Waals surface area contributed by atoms with E-state index < -0.39 is 41.5 Å². The molecule has 1 fully saturated rings. The number of rotatable bonds is 22. The SMILES string of the molecule is CCc1ccc(C2=N[C@@H](CC(=O)Nc3ccc(OCCCOCCCOCC(=O)N[C@H](C(=O)N4C[C@H](O)C[C@H]4C(=O)NCc4ccc(-c5scnc5C)cc4)C(C)(C)C)cc3)c3nnc(C)n3-c3sc(C)c(C)c32)cc1. The molecule has 8 rings (SSSR count). The highest BCUT2D eigenvalue weighted by atomic mass is 32.1. The number of carbonyl (C=O) groups excluding carboxylic acids is 4. The van der Waals surface area contributed by atoms with E-state index >= 15 is 0 Å². The van der Waals surface area contributed by atoms with E-state index in [-0.39, 0.29) is 51.0 Å². The van der Waals surface area contributed by atoms with Gasteiger partial charge in [-0.2, -0.15) is 0 Å². The molecule has 0 unspecified atom stereocenters. The van der Waals surface area contributed by atoms with Crippen molar-refractivity contribution in [3.63, 3.8) is 0 Å². The van der Waals surface area contributed by atoms with Crippen molar-refractivity contribution in [1.29, 1.82) is 0 Å². The first kappa shape index (κ1) is 55.6. The molecule has 4 atom stereocenters. The van der Waals surface area contributed by atoms with Crippen LogP contribution in [0.1, 0.15) is 109 Å². The summed E-state index contributed by atoms with van der Waals surface area (Å²) in [7, 11) is 0. The maximum Gasteiger partial charge on any atom is 0.246 e. The predicted molar refractivity (Wildman–Crippen MR) is 295 cm³/mol. The van der Waals surface area contributed by atoms with E-state index in [0.717, 1.165) is 61.3 Å². The topological polar surface area (TPSA) is 211 Å². The van der Waals surface area contributed by atoms with Gasteiger partial charge in [0.05, 0.1) is 40.9 Å². The molecule has 76 heavy (non-hydrogen) atoms. The number of thiophene rings is 1. The Kier molecular flexibility index (Phi) is 18.3. The zero-order valence-corrected chi connectivity index (χ0v) is 46.2.